The summed E-state index contributed by atoms with van der Waals surface area (Å²) in [6, 6.07) is 12.8. The number of hydrogen-bond acceptors (Lipinski definition) is 4. The third-order valence-corrected chi connectivity index (χ3v) is 5.91. The molecule has 0 bridgehead atoms. The maximum absolute atomic E-state index is 15.6. The van der Waals surface area contributed by atoms with Crippen LogP contribution in [0.25, 0.3) is 38.3 Å². The summed E-state index contributed by atoms with van der Waals surface area (Å²) in [4.78, 5) is 7.75. The van der Waals surface area contributed by atoms with Gasteiger partial charge in [0.2, 0.25) is 0 Å². The number of aromatic nitrogens is 3. The standard InChI is InChI=1S/C24H19F2N5O/c1-24(32)11-15(12-24)31-23(27)22(28-2)21(30-31)16-9-8-14-10-17(25)19(29-20(14)18(16)26)13-6-4-3-5-7-13/h3-10,15,32H,11-12,27H2,1H3. The van der Waals surface area contributed by atoms with Gasteiger partial charge in [0.05, 0.1) is 18.2 Å². The zero-order chi connectivity index (χ0) is 22.6. The van der Waals surface area contributed by atoms with E-state index in [1.165, 1.54) is 16.8 Å². The third-order valence-electron chi connectivity index (χ3n) is 5.91. The molecular weight excluding hydrogens is 412 g/mol. The Balaban J connectivity index is 1.66. The molecule has 0 radical (unpaired) electrons. The zero-order valence-corrected chi connectivity index (χ0v) is 17.2. The summed E-state index contributed by atoms with van der Waals surface area (Å²) >= 11 is 0. The van der Waals surface area contributed by atoms with Crippen molar-refractivity contribution in [2.24, 2.45) is 0 Å². The van der Waals surface area contributed by atoms with Gasteiger partial charge in [-0.05, 0) is 25.8 Å². The number of pyridine rings is 1. The normalized spacial score (nSPS) is 20.2. The maximum atomic E-state index is 15.6. The summed E-state index contributed by atoms with van der Waals surface area (Å²) in [6.45, 7) is 9.26. The Kier molecular flexibility index (Phi) is 4.46. The quantitative estimate of drug-likeness (QED) is 0.434. The lowest BCUT2D eigenvalue weighted by molar-refractivity contribution is -0.0535. The Morgan fingerprint density at radius 3 is 2.53 bits per heavy atom. The van der Waals surface area contributed by atoms with E-state index in [0.29, 0.717) is 23.8 Å². The third kappa shape index (κ3) is 3.10. The van der Waals surface area contributed by atoms with Crippen LogP contribution >= 0.6 is 0 Å². The smallest absolute Gasteiger partial charge is 0.254 e. The number of aliphatic hydroxyl groups is 1. The van der Waals surface area contributed by atoms with E-state index < -0.39 is 17.2 Å². The molecule has 6 nitrogen and oxygen atoms in total. The lowest BCUT2D eigenvalue weighted by atomic mass is 9.77. The van der Waals surface area contributed by atoms with E-state index >= 15 is 4.39 Å². The lowest BCUT2D eigenvalue weighted by Gasteiger charge is -2.41. The lowest BCUT2D eigenvalue weighted by Crippen LogP contribution is -2.42. The molecule has 0 amide bonds. The van der Waals surface area contributed by atoms with Crippen LogP contribution in [0.15, 0.2) is 48.5 Å². The predicted molar refractivity (Wildman–Crippen MR) is 118 cm³/mol. The molecule has 1 fully saturated rings. The summed E-state index contributed by atoms with van der Waals surface area (Å²) in [6.07, 6.45) is 0.883. The monoisotopic (exact) mass is 431 g/mol. The van der Waals surface area contributed by atoms with Crippen LogP contribution in [0.5, 0.6) is 0 Å². The van der Waals surface area contributed by atoms with Crippen LogP contribution in [0.1, 0.15) is 25.8 Å². The van der Waals surface area contributed by atoms with Crippen molar-refractivity contribution in [2.45, 2.75) is 31.4 Å². The highest BCUT2D eigenvalue weighted by Crippen LogP contribution is 2.46. The fraction of sp³-hybridized carbons (Fsp3) is 0.208. The van der Waals surface area contributed by atoms with Crippen LogP contribution in [-0.2, 0) is 0 Å². The molecule has 0 saturated heterocycles. The minimum absolute atomic E-state index is 0.0154. The van der Waals surface area contributed by atoms with Crippen molar-refractivity contribution in [1.82, 2.24) is 14.8 Å². The first kappa shape index (κ1) is 20.1. The van der Waals surface area contributed by atoms with E-state index in [1.54, 1.807) is 43.3 Å². The molecule has 2 aromatic heterocycles. The number of rotatable bonds is 3. The Morgan fingerprint density at radius 2 is 1.88 bits per heavy atom. The van der Waals surface area contributed by atoms with Gasteiger partial charge in [-0.25, -0.2) is 18.6 Å². The molecule has 1 saturated carbocycles. The number of anilines is 1. The van der Waals surface area contributed by atoms with Gasteiger partial charge in [0.1, 0.15) is 28.5 Å². The van der Waals surface area contributed by atoms with E-state index in [-0.39, 0.29) is 40.0 Å². The van der Waals surface area contributed by atoms with Crippen molar-refractivity contribution in [3.63, 3.8) is 0 Å². The number of benzene rings is 2. The Hall–Kier alpha value is -3.83. The number of nitrogens with zero attached hydrogens (tertiary/aromatic N) is 4. The van der Waals surface area contributed by atoms with Crippen molar-refractivity contribution in [2.75, 3.05) is 5.73 Å². The van der Waals surface area contributed by atoms with E-state index in [4.69, 9.17) is 12.3 Å². The highest BCUT2D eigenvalue weighted by atomic mass is 19.1. The molecule has 32 heavy (non-hydrogen) atoms. The second-order valence-electron chi connectivity index (χ2n) is 8.38. The minimum Gasteiger partial charge on any atom is -0.393 e. The number of halogens is 2. The molecule has 4 aromatic rings. The molecule has 160 valence electrons. The summed E-state index contributed by atoms with van der Waals surface area (Å²) < 4.78 is 31.8. The molecule has 1 aliphatic carbocycles. The first-order valence-corrected chi connectivity index (χ1v) is 10.1. The Morgan fingerprint density at radius 1 is 1.16 bits per heavy atom. The van der Waals surface area contributed by atoms with Crippen LogP contribution < -0.4 is 5.73 Å². The average molecular weight is 431 g/mol. The molecule has 3 N–H and O–H groups in total. The SMILES string of the molecule is [C-]#[N+]c1c(-c2ccc3cc(F)c(-c4ccccc4)nc3c2F)nn(C2CC(C)(O)C2)c1N. The van der Waals surface area contributed by atoms with Crippen LogP contribution in [0.3, 0.4) is 0 Å². The first-order chi connectivity index (χ1) is 15.3. The molecule has 2 aromatic carbocycles. The van der Waals surface area contributed by atoms with Gasteiger partial charge < -0.3 is 10.8 Å². The number of fused-ring (bicyclic) bond motifs is 1. The van der Waals surface area contributed by atoms with Gasteiger partial charge >= 0.3 is 0 Å². The molecule has 8 heteroatoms. The summed E-state index contributed by atoms with van der Waals surface area (Å²) in [7, 11) is 0. The van der Waals surface area contributed by atoms with Gasteiger partial charge in [0, 0.05) is 16.5 Å². The van der Waals surface area contributed by atoms with E-state index in [2.05, 4.69) is 14.9 Å². The minimum atomic E-state index is -0.808. The second-order valence-corrected chi connectivity index (χ2v) is 8.38. The van der Waals surface area contributed by atoms with Crippen molar-refractivity contribution in [1.29, 1.82) is 0 Å². The molecule has 0 spiro atoms. The fourth-order valence-corrected chi connectivity index (χ4v) is 4.30. The second kappa shape index (κ2) is 7.11. The van der Waals surface area contributed by atoms with Crippen molar-refractivity contribution in [3.05, 3.63) is 71.6 Å². The van der Waals surface area contributed by atoms with Gasteiger partial charge in [-0.3, -0.25) is 4.68 Å². The molecule has 0 unspecified atom stereocenters. The van der Waals surface area contributed by atoms with Crippen molar-refractivity contribution < 1.29 is 13.9 Å². The highest BCUT2D eigenvalue weighted by molar-refractivity contribution is 5.91. The van der Waals surface area contributed by atoms with E-state index in [9.17, 15) is 9.50 Å². The van der Waals surface area contributed by atoms with E-state index in [1.807, 2.05) is 0 Å². The van der Waals surface area contributed by atoms with Crippen LogP contribution in [0.2, 0.25) is 0 Å². The highest BCUT2D eigenvalue weighted by Gasteiger charge is 2.41. The van der Waals surface area contributed by atoms with Crippen molar-refractivity contribution >= 4 is 22.4 Å². The van der Waals surface area contributed by atoms with Gasteiger partial charge in [-0.1, -0.05) is 42.5 Å². The van der Waals surface area contributed by atoms with Gasteiger partial charge in [-0.2, -0.15) is 5.10 Å². The van der Waals surface area contributed by atoms with Crippen LogP contribution in [0, 0.1) is 18.2 Å². The summed E-state index contributed by atoms with van der Waals surface area (Å²) in [5.74, 6) is -1.12. The zero-order valence-electron chi connectivity index (χ0n) is 17.2. The van der Waals surface area contributed by atoms with Gasteiger partial charge in [0.25, 0.3) is 5.69 Å². The molecule has 0 aliphatic heterocycles. The maximum Gasteiger partial charge on any atom is 0.254 e. The summed E-state index contributed by atoms with van der Waals surface area (Å²) in [5, 5.41) is 14.8. The van der Waals surface area contributed by atoms with Gasteiger partial charge in [-0.15, -0.1) is 0 Å². The van der Waals surface area contributed by atoms with Crippen LogP contribution in [-0.4, -0.2) is 25.5 Å². The predicted octanol–water partition coefficient (Wildman–Crippen LogP) is 5.26. The van der Waals surface area contributed by atoms with Crippen LogP contribution in [0.4, 0.5) is 20.3 Å². The molecule has 1 aliphatic rings. The molecule has 0 atom stereocenters. The van der Waals surface area contributed by atoms with Gasteiger partial charge in [0.15, 0.2) is 5.82 Å². The molecule has 5 rings (SSSR count). The fourth-order valence-electron chi connectivity index (χ4n) is 4.30. The topological polar surface area (TPSA) is 81.3 Å². The van der Waals surface area contributed by atoms with Crippen molar-refractivity contribution in [3.8, 4) is 22.5 Å². The molecular formula is C24H19F2N5O. The number of nitrogens with two attached hydrogens (primary N) is 1. The summed E-state index contributed by atoms with van der Waals surface area (Å²) in [5.41, 5.74) is 6.12. The Bertz CT molecular complexity index is 1400. The largest absolute Gasteiger partial charge is 0.393 e. The Labute approximate surface area is 182 Å². The average Bonchev–Trinajstić information content (AvgIpc) is 3.08. The number of hydrogen-bond donors (Lipinski definition) is 2. The number of nitrogen functional groups attached to an aromatic ring is 1. The first-order valence-electron chi connectivity index (χ1n) is 10.1. The molecule has 2 heterocycles. The van der Waals surface area contributed by atoms with E-state index in [0.717, 1.165) is 0 Å².